The first-order valence-electron chi connectivity index (χ1n) is 3.87. The van der Waals surface area contributed by atoms with Crippen molar-refractivity contribution in [3.8, 4) is 0 Å². The van der Waals surface area contributed by atoms with E-state index in [1.54, 1.807) is 0 Å². The molecule has 0 unspecified atom stereocenters. The average Bonchev–Trinajstić information content (AvgIpc) is 1.89. The van der Waals surface area contributed by atoms with Crippen molar-refractivity contribution in [3.63, 3.8) is 0 Å². The SMILES string of the molecule is CO[Si](C)(C)CCCCN. The van der Waals surface area contributed by atoms with Gasteiger partial charge in [-0.25, -0.2) is 0 Å². The van der Waals surface area contributed by atoms with Crippen LogP contribution in [0.5, 0.6) is 0 Å². The van der Waals surface area contributed by atoms with Crippen LogP contribution < -0.4 is 5.73 Å². The van der Waals surface area contributed by atoms with Crippen LogP contribution in [0.4, 0.5) is 0 Å². The normalized spacial score (nSPS) is 12.0. The van der Waals surface area contributed by atoms with E-state index in [4.69, 9.17) is 10.2 Å². The monoisotopic (exact) mass is 161 g/mol. The smallest absolute Gasteiger partial charge is 0.186 e. The maximum atomic E-state index is 5.38. The number of nitrogens with two attached hydrogens (primary N) is 1. The molecule has 0 saturated heterocycles. The molecule has 2 N–H and O–H groups in total. The van der Waals surface area contributed by atoms with Gasteiger partial charge in [-0.1, -0.05) is 6.42 Å². The largest absolute Gasteiger partial charge is 0.420 e. The average molecular weight is 161 g/mol. The van der Waals surface area contributed by atoms with Gasteiger partial charge in [0.1, 0.15) is 0 Å². The van der Waals surface area contributed by atoms with Crippen LogP contribution >= 0.6 is 0 Å². The van der Waals surface area contributed by atoms with Crippen molar-refractivity contribution in [2.75, 3.05) is 13.7 Å². The summed E-state index contributed by atoms with van der Waals surface area (Å²) in [5.74, 6) is 0. The second kappa shape index (κ2) is 4.88. The standard InChI is InChI=1S/C7H19NOSi/c1-9-10(2,3)7-5-4-6-8/h4-8H2,1-3H3. The molecule has 0 bridgehead atoms. The minimum atomic E-state index is -1.27. The van der Waals surface area contributed by atoms with Gasteiger partial charge in [-0.15, -0.1) is 0 Å². The Morgan fingerprint density at radius 2 is 1.90 bits per heavy atom. The minimum Gasteiger partial charge on any atom is -0.420 e. The van der Waals surface area contributed by atoms with Gasteiger partial charge in [-0.2, -0.15) is 0 Å². The van der Waals surface area contributed by atoms with Crippen LogP contribution in [-0.2, 0) is 4.43 Å². The van der Waals surface area contributed by atoms with Crippen molar-refractivity contribution in [1.82, 2.24) is 0 Å². The van der Waals surface area contributed by atoms with E-state index in [-0.39, 0.29) is 0 Å². The van der Waals surface area contributed by atoms with Crippen LogP contribution in [0, 0.1) is 0 Å². The van der Waals surface area contributed by atoms with E-state index in [0.29, 0.717) is 0 Å². The Hall–Kier alpha value is 0.137. The van der Waals surface area contributed by atoms with Crippen LogP contribution in [0.15, 0.2) is 0 Å². The van der Waals surface area contributed by atoms with Gasteiger partial charge in [0, 0.05) is 7.11 Å². The van der Waals surface area contributed by atoms with Crippen LogP contribution in [0.3, 0.4) is 0 Å². The Labute approximate surface area is 64.9 Å². The van der Waals surface area contributed by atoms with Crippen molar-refractivity contribution in [3.05, 3.63) is 0 Å². The fourth-order valence-corrected chi connectivity index (χ4v) is 2.10. The Morgan fingerprint density at radius 3 is 2.30 bits per heavy atom. The maximum absolute atomic E-state index is 5.38. The third kappa shape index (κ3) is 4.96. The Balaban J connectivity index is 3.28. The van der Waals surface area contributed by atoms with Crippen LogP contribution in [0.2, 0.25) is 19.1 Å². The minimum absolute atomic E-state index is 0.814. The van der Waals surface area contributed by atoms with E-state index < -0.39 is 8.32 Å². The van der Waals surface area contributed by atoms with Crippen molar-refractivity contribution in [2.24, 2.45) is 5.73 Å². The molecule has 0 aromatic carbocycles. The summed E-state index contributed by atoms with van der Waals surface area (Å²) in [5.41, 5.74) is 5.37. The molecule has 2 nitrogen and oxygen atoms in total. The number of rotatable bonds is 5. The summed E-state index contributed by atoms with van der Waals surface area (Å²) < 4.78 is 5.38. The second-order valence-electron chi connectivity index (χ2n) is 3.21. The highest BCUT2D eigenvalue weighted by atomic mass is 28.4. The fourth-order valence-electron chi connectivity index (χ4n) is 0.797. The van der Waals surface area contributed by atoms with Gasteiger partial charge in [0.15, 0.2) is 8.32 Å². The zero-order valence-electron chi connectivity index (χ0n) is 7.31. The maximum Gasteiger partial charge on any atom is 0.186 e. The number of hydrogen-bond donors (Lipinski definition) is 1. The Bertz CT molecular complexity index is 85.7. The van der Waals surface area contributed by atoms with Gasteiger partial charge in [-0.05, 0) is 32.1 Å². The predicted octanol–water partition coefficient (Wildman–Crippen LogP) is 1.58. The van der Waals surface area contributed by atoms with E-state index in [1.165, 1.54) is 12.5 Å². The van der Waals surface area contributed by atoms with Gasteiger partial charge in [0.2, 0.25) is 0 Å². The lowest BCUT2D eigenvalue weighted by atomic mass is 10.3. The summed E-state index contributed by atoms with van der Waals surface area (Å²) in [6.45, 7) is 5.29. The molecule has 0 radical (unpaired) electrons. The van der Waals surface area contributed by atoms with Crippen molar-refractivity contribution >= 4 is 8.32 Å². The van der Waals surface area contributed by atoms with E-state index >= 15 is 0 Å². The molecule has 0 aliphatic carbocycles. The highest BCUT2D eigenvalue weighted by Crippen LogP contribution is 2.12. The van der Waals surface area contributed by atoms with Crippen LogP contribution in [-0.4, -0.2) is 22.0 Å². The Kier molecular flexibility index (Phi) is 4.94. The molecule has 62 valence electrons. The molecule has 0 aliphatic rings. The molecule has 3 heteroatoms. The second-order valence-corrected chi connectivity index (χ2v) is 7.64. The molecular formula is C7H19NOSi. The van der Waals surface area contributed by atoms with Gasteiger partial charge in [0.25, 0.3) is 0 Å². The summed E-state index contributed by atoms with van der Waals surface area (Å²) in [5, 5.41) is 0. The molecule has 0 fully saturated rings. The molecular weight excluding hydrogens is 142 g/mol. The summed E-state index contributed by atoms with van der Waals surface area (Å²) in [7, 11) is 0.544. The lowest BCUT2D eigenvalue weighted by Crippen LogP contribution is -2.28. The predicted molar refractivity (Wildman–Crippen MR) is 47.6 cm³/mol. The van der Waals surface area contributed by atoms with Gasteiger partial charge < -0.3 is 10.2 Å². The lowest BCUT2D eigenvalue weighted by molar-refractivity contribution is 0.401. The quantitative estimate of drug-likeness (QED) is 0.491. The first-order valence-corrected chi connectivity index (χ1v) is 6.99. The molecule has 0 heterocycles. The lowest BCUT2D eigenvalue weighted by Gasteiger charge is -2.19. The summed E-state index contributed by atoms with van der Waals surface area (Å²) in [6.07, 6.45) is 2.36. The van der Waals surface area contributed by atoms with Crippen LogP contribution in [0.1, 0.15) is 12.8 Å². The fraction of sp³-hybridized carbons (Fsp3) is 1.00. The number of hydrogen-bond acceptors (Lipinski definition) is 2. The van der Waals surface area contributed by atoms with Crippen LogP contribution in [0.25, 0.3) is 0 Å². The van der Waals surface area contributed by atoms with Crippen molar-refractivity contribution < 1.29 is 4.43 Å². The molecule has 0 aromatic rings. The summed E-state index contributed by atoms with van der Waals surface area (Å²) in [6, 6.07) is 1.24. The van der Waals surface area contributed by atoms with Gasteiger partial charge in [-0.3, -0.25) is 0 Å². The molecule has 0 amide bonds. The van der Waals surface area contributed by atoms with Crippen molar-refractivity contribution in [1.29, 1.82) is 0 Å². The summed E-state index contributed by atoms with van der Waals surface area (Å²) >= 11 is 0. The van der Waals surface area contributed by atoms with Gasteiger partial charge >= 0.3 is 0 Å². The van der Waals surface area contributed by atoms with E-state index in [1.807, 2.05) is 7.11 Å². The molecule has 0 aromatic heterocycles. The van der Waals surface area contributed by atoms with E-state index in [2.05, 4.69) is 13.1 Å². The zero-order chi connectivity index (χ0) is 8.04. The summed E-state index contributed by atoms with van der Waals surface area (Å²) in [4.78, 5) is 0. The topological polar surface area (TPSA) is 35.2 Å². The first kappa shape index (κ1) is 10.1. The third-order valence-corrected chi connectivity index (χ3v) is 4.45. The van der Waals surface area contributed by atoms with Gasteiger partial charge in [0.05, 0.1) is 0 Å². The van der Waals surface area contributed by atoms with E-state index in [9.17, 15) is 0 Å². The molecule has 10 heavy (non-hydrogen) atoms. The third-order valence-electron chi connectivity index (χ3n) is 1.79. The Morgan fingerprint density at radius 1 is 1.30 bits per heavy atom. The molecule has 0 spiro atoms. The highest BCUT2D eigenvalue weighted by Gasteiger charge is 2.18. The molecule has 0 rings (SSSR count). The zero-order valence-corrected chi connectivity index (χ0v) is 8.31. The first-order chi connectivity index (χ1) is 4.62. The number of unbranched alkanes of at least 4 members (excludes halogenated alkanes) is 1. The van der Waals surface area contributed by atoms with E-state index in [0.717, 1.165) is 13.0 Å². The molecule has 0 saturated carbocycles. The molecule has 0 aliphatic heterocycles. The highest BCUT2D eigenvalue weighted by molar-refractivity contribution is 6.71. The molecule has 0 atom stereocenters. The van der Waals surface area contributed by atoms with Crippen molar-refractivity contribution in [2.45, 2.75) is 32.0 Å².